The maximum Gasteiger partial charge on any atom is 0.321 e. The number of nitrogens with zero attached hydrogens (tertiary/aromatic N) is 3. The predicted molar refractivity (Wildman–Crippen MR) is 88.5 cm³/mol. The zero-order valence-electron chi connectivity index (χ0n) is 13.8. The fourth-order valence-corrected chi connectivity index (χ4v) is 3.44. The van der Waals surface area contributed by atoms with E-state index in [9.17, 15) is 9.59 Å². The van der Waals surface area contributed by atoms with E-state index in [4.69, 9.17) is 0 Å². The zero-order valence-corrected chi connectivity index (χ0v) is 14.6. The van der Waals surface area contributed by atoms with Gasteiger partial charge in [-0.05, 0) is 12.8 Å². The molecular formula is C15H23N5O2S. The highest BCUT2D eigenvalue weighted by Crippen LogP contribution is 2.32. The number of likely N-dealkylation sites (tertiary alicyclic amines) is 1. The van der Waals surface area contributed by atoms with Crippen molar-refractivity contribution in [3.63, 3.8) is 0 Å². The average Bonchev–Trinajstić information content (AvgIpc) is 3.06. The quantitative estimate of drug-likeness (QED) is 0.879. The number of urea groups is 1. The number of amides is 3. The molecule has 0 spiro atoms. The first-order valence-corrected chi connectivity index (χ1v) is 8.83. The highest BCUT2D eigenvalue weighted by molar-refractivity contribution is 7.15. The maximum atomic E-state index is 12.0. The third kappa shape index (κ3) is 3.99. The lowest BCUT2D eigenvalue weighted by Gasteiger charge is -2.15. The topological polar surface area (TPSA) is 87.2 Å². The molecule has 2 aliphatic rings. The Bertz CT molecular complexity index is 605. The lowest BCUT2D eigenvalue weighted by atomic mass is 9.98. The van der Waals surface area contributed by atoms with Gasteiger partial charge in [0.15, 0.2) is 0 Å². The largest absolute Gasteiger partial charge is 0.339 e. The summed E-state index contributed by atoms with van der Waals surface area (Å²) in [5, 5.41) is 15.0. The van der Waals surface area contributed by atoms with Crippen molar-refractivity contribution in [2.75, 3.05) is 18.4 Å². The first kappa shape index (κ1) is 16.2. The Labute approximate surface area is 139 Å². The molecule has 1 aliphatic heterocycles. The van der Waals surface area contributed by atoms with Crippen LogP contribution < -0.4 is 10.6 Å². The fourth-order valence-electron chi connectivity index (χ4n) is 2.64. The molecule has 1 aromatic rings. The van der Waals surface area contributed by atoms with E-state index in [-0.39, 0.29) is 23.3 Å². The zero-order chi connectivity index (χ0) is 16.6. The van der Waals surface area contributed by atoms with Gasteiger partial charge in [-0.2, -0.15) is 0 Å². The highest BCUT2D eigenvalue weighted by atomic mass is 32.1. The van der Waals surface area contributed by atoms with E-state index in [0.29, 0.717) is 24.1 Å². The van der Waals surface area contributed by atoms with Crippen LogP contribution in [0.25, 0.3) is 0 Å². The van der Waals surface area contributed by atoms with Crippen molar-refractivity contribution in [3.05, 3.63) is 5.01 Å². The molecule has 1 aliphatic carbocycles. The fraction of sp³-hybridized carbons (Fsp3) is 0.733. The van der Waals surface area contributed by atoms with Gasteiger partial charge in [-0.1, -0.05) is 32.1 Å². The molecule has 1 unspecified atom stereocenters. The first-order valence-electron chi connectivity index (χ1n) is 8.01. The molecule has 0 bridgehead atoms. The van der Waals surface area contributed by atoms with Crippen LogP contribution in [0.15, 0.2) is 0 Å². The molecule has 126 valence electrons. The van der Waals surface area contributed by atoms with Gasteiger partial charge in [0.1, 0.15) is 5.01 Å². The van der Waals surface area contributed by atoms with E-state index in [1.165, 1.54) is 11.3 Å². The molecule has 1 atom stereocenters. The first-order chi connectivity index (χ1) is 10.8. The van der Waals surface area contributed by atoms with Gasteiger partial charge in [-0.3, -0.25) is 10.1 Å². The number of anilines is 1. The van der Waals surface area contributed by atoms with Gasteiger partial charge in [0.05, 0.1) is 0 Å². The second-order valence-corrected chi connectivity index (χ2v) is 8.32. The summed E-state index contributed by atoms with van der Waals surface area (Å²) in [4.78, 5) is 25.8. The Morgan fingerprint density at radius 1 is 1.35 bits per heavy atom. The van der Waals surface area contributed by atoms with E-state index in [1.807, 2.05) is 4.90 Å². The summed E-state index contributed by atoms with van der Waals surface area (Å²) in [6, 6.07) is 0.164. The predicted octanol–water partition coefficient (Wildman–Crippen LogP) is 1.97. The molecule has 8 heteroatoms. The number of hydrogen-bond donors (Lipinski definition) is 2. The van der Waals surface area contributed by atoms with Crippen molar-refractivity contribution in [1.82, 2.24) is 20.4 Å². The van der Waals surface area contributed by atoms with Crippen LogP contribution in [0.5, 0.6) is 0 Å². The van der Waals surface area contributed by atoms with Gasteiger partial charge < -0.3 is 10.2 Å². The normalized spacial score (nSPS) is 21.6. The molecule has 2 heterocycles. The summed E-state index contributed by atoms with van der Waals surface area (Å²) in [7, 11) is 0. The Morgan fingerprint density at radius 3 is 2.70 bits per heavy atom. The number of nitrogens with one attached hydrogen (secondary N) is 2. The monoisotopic (exact) mass is 337 g/mol. The molecule has 0 aromatic carbocycles. The molecular weight excluding hydrogens is 314 g/mol. The van der Waals surface area contributed by atoms with Crippen LogP contribution >= 0.6 is 11.3 Å². The molecule has 2 fully saturated rings. The van der Waals surface area contributed by atoms with Gasteiger partial charge in [-0.15, -0.1) is 10.2 Å². The second kappa shape index (κ2) is 6.07. The molecule has 0 radical (unpaired) electrons. The Kier molecular flexibility index (Phi) is 4.27. The third-order valence-electron chi connectivity index (χ3n) is 4.06. The number of hydrogen-bond acceptors (Lipinski definition) is 5. The summed E-state index contributed by atoms with van der Waals surface area (Å²) in [6.07, 6.45) is 2.78. The maximum absolute atomic E-state index is 12.0. The molecule has 7 nitrogen and oxygen atoms in total. The van der Waals surface area contributed by atoms with Crippen LogP contribution in [-0.2, 0) is 10.2 Å². The van der Waals surface area contributed by atoms with E-state index in [0.717, 1.165) is 24.4 Å². The van der Waals surface area contributed by atoms with Gasteiger partial charge in [0.2, 0.25) is 11.0 Å². The van der Waals surface area contributed by atoms with Crippen molar-refractivity contribution >= 4 is 28.4 Å². The van der Waals surface area contributed by atoms with Crippen molar-refractivity contribution in [2.24, 2.45) is 5.92 Å². The Morgan fingerprint density at radius 2 is 2.09 bits per heavy atom. The van der Waals surface area contributed by atoms with Crippen LogP contribution in [-0.4, -0.2) is 46.2 Å². The van der Waals surface area contributed by atoms with E-state index in [1.54, 1.807) is 0 Å². The summed E-state index contributed by atoms with van der Waals surface area (Å²) >= 11 is 1.38. The minimum absolute atomic E-state index is 0.0788. The summed E-state index contributed by atoms with van der Waals surface area (Å²) in [5.74, 6) is 0.423. The van der Waals surface area contributed by atoms with Crippen LogP contribution in [0.4, 0.5) is 9.93 Å². The summed E-state index contributed by atoms with van der Waals surface area (Å²) < 4.78 is 0. The number of carbonyl (C=O) groups is 2. The Balaban J connectivity index is 1.45. The van der Waals surface area contributed by atoms with Crippen LogP contribution in [0.2, 0.25) is 0 Å². The lowest BCUT2D eigenvalue weighted by molar-refractivity contribution is -0.128. The second-order valence-electron chi connectivity index (χ2n) is 7.34. The van der Waals surface area contributed by atoms with E-state index < -0.39 is 0 Å². The molecule has 2 N–H and O–H groups in total. The van der Waals surface area contributed by atoms with Gasteiger partial charge in [-0.25, -0.2) is 4.79 Å². The van der Waals surface area contributed by atoms with Crippen LogP contribution in [0.1, 0.15) is 45.0 Å². The molecule has 1 aromatic heterocycles. The minimum Gasteiger partial charge on any atom is -0.339 e. The van der Waals surface area contributed by atoms with Crippen molar-refractivity contribution < 1.29 is 9.59 Å². The van der Waals surface area contributed by atoms with E-state index in [2.05, 4.69) is 41.6 Å². The molecule has 1 saturated heterocycles. The third-order valence-corrected chi connectivity index (χ3v) is 5.33. The SMILES string of the molecule is CC(C)(C)c1nnc(NC(=O)NCC2CC(=O)N(C3CC3)C2)s1. The molecule has 3 amide bonds. The Hall–Kier alpha value is -1.70. The lowest BCUT2D eigenvalue weighted by Crippen LogP contribution is -2.34. The van der Waals surface area contributed by atoms with Gasteiger partial charge >= 0.3 is 6.03 Å². The standard InChI is InChI=1S/C15H23N5O2S/c1-15(2,3)12-18-19-14(23-12)17-13(22)16-7-9-6-11(21)20(8-9)10-4-5-10/h9-10H,4-8H2,1-3H3,(H2,16,17,19,22). The molecule has 23 heavy (non-hydrogen) atoms. The highest BCUT2D eigenvalue weighted by Gasteiger charge is 2.39. The van der Waals surface area contributed by atoms with Crippen LogP contribution in [0.3, 0.4) is 0 Å². The average molecular weight is 337 g/mol. The molecule has 1 saturated carbocycles. The van der Waals surface area contributed by atoms with Crippen molar-refractivity contribution in [3.8, 4) is 0 Å². The number of aromatic nitrogens is 2. The molecule has 3 rings (SSSR count). The van der Waals surface area contributed by atoms with Crippen LogP contribution in [0, 0.1) is 5.92 Å². The van der Waals surface area contributed by atoms with Gasteiger partial charge in [0, 0.05) is 36.9 Å². The number of carbonyl (C=O) groups excluding carboxylic acids is 2. The van der Waals surface area contributed by atoms with Crippen molar-refractivity contribution in [2.45, 2.75) is 51.5 Å². The number of rotatable bonds is 4. The minimum atomic E-state index is -0.293. The van der Waals surface area contributed by atoms with E-state index >= 15 is 0 Å². The summed E-state index contributed by atoms with van der Waals surface area (Å²) in [5.41, 5.74) is -0.0788. The van der Waals surface area contributed by atoms with Gasteiger partial charge in [0.25, 0.3) is 0 Å². The smallest absolute Gasteiger partial charge is 0.321 e. The summed E-state index contributed by atoms with van der Waals surface area (Å²) in [6.45, 7) is 7.43. The van der Waals surface area contributed by atoms with Crippen molar-refractivity contribution in [1.29, 1.82) is 0 Å².